The average molecular weight is 211 g/mol. The van der Waals surface area contributed by atoms with Crippen molar-refractivity contribution in [3.8, 4) is 6.07 Å². The smallest absolute Gasteiger partial charge is 0.229 e. The number of nitrogens with zero attached hydrogens (tertiary/aromatic N) is 1. The Morgan fingerprint density at radius 2 is 2.53 bits per heavy atom. The highest BCUT2D eigenvalue weighted by atomic mass is 16.5. The average Bonchev–Trinajstić information content (AvgIpc) is 2.56. The SMILES string of the molecule is CC(C#N)CNC(=O)C1(C)COCC1N. The Hall–Kier alpha value is -1.12. The number of nitriles is 1. The summed E-state index contributed by atoms with van der Waals surface area (Å²) in [5.41, 5.74) is 5.14. The first-order chi connectivity index (χ1) is 7.00. The second kappa shape index (κ2) is 4.60. The van der Waals surface area contributed by atoms with Gasteiger partial charge < -0.3 is 15.8 Å². The molecule has 3 unspecified atom stereocenters. The Morgan fingerprint density at radius 1 is 1.87 bits per heavy atom. The van der Waals surface area contributed by atoms with Gasteiger partial charge in [-0.25, -0.2) is 0 Å². The molecule has 0 radical (unpaired) electrons. The summed E-state index contributed by atoms with van der Waals surface area (Å²) in [6.45, 7) is 4.67. The number of carbonyl (C=O) groups excluding carboxylic acids is 1. The molecular formula is C10H17N3O2. The summed E-state index contributed by atoms with van der Waals surface area (Å²) in [7, 11) is 0. The van der Waals surface area contributed by atoms with Gasteiger partial charge in [0.1, 0.15) is 0 Å². The molecule has 1 heterocycles. The van der Waals surface area contributed by atoms with Crippen molar-refractivity contribution in [1.82, 2.24) is 5.32 Å². The minimum Gasteiger partial charge on any atom is -0.379 e. The molecule has 5 nitrogen and oxygen atoms in total. The van der Waals surface area contributed by atoms with Crippen LogP contribution in [0.15, 0.2) is 0 Å². The van der Waals surface area contributed by atoms with E-state index in [0.29, 0.717) is 19.8 Å². The van der Waals surface area contributed by atoms with Crippen molar-refractivity contribution < 1.29 is 9.53 Å². The van der Waals surface area contributed by atoms with Gasteiger partial charge in [-0.2, -0.15) is 5.26 Å². The van der Waals surface area contributed by atoms with Crippen LogP contribution in [0.2, 0.25) is 0 Å². The molecule has 0 spiro atoms. The maximum Gasteiger partial charge on any atom is 0.229 e. The lowest BCUT2D eigenvalue weighted by molar-refractivity contribution is -0.130. The summed E-state index contributed by atoms with van der Waals surface area (Å²) in [6.07, 6.45) is 0. The van der Waals surface area contributed by atoms with E-state index in [0.717, 1.165) is 0 Å². The number of ether oxygens (including phenoxy) is 1. The molecule has 1 aliphatic rings. The van der Waals surface area contributed by atoms with Gasteiger partial charge in [0.2, 0.25) is 5.91 Å². The number of rotatable bonds is 3. The summed E-state index contributed by atoms with van der Waals surface area (Å²) in [4.78, 5) is 11.8. The van der Waals surface area contributed by atoms with E-state index in [1.165, 1.54) is 0 Å². The third-order valence-electron chi connectivity index (χ3n) is 2.83. The maximum absolute atomic E-state index is 11.8. The quantitative estimate of drug-likeness (QED) is 0.666. The van der Waals surface area contributed by atoms with Crippen LogP contribution in [0, 0.1) is 22.7 Å². The van der Waals surface area contributed by atoms with E-state index in [1.54, 1.807) is 13.8 Å². The van der Waals surface area contributed by atoms with Crippen LogP contribution in [0.4, 0.5) is 0 Å². The zero-order valence-corrected chi connectivity index (χ0v) is 9.12. The molecule has 0 aromatic rings. The fourth-order valence-electron chi connectivity index (χ4n) is 1.42. The zero-order valence-electron chi connectivity index (χ0n) is 9.12. The Kier molecular flexibility index (Phi) is 3.66. The number of carbonyl (C=O) groups is 1. The van der Waals surface area contributed by atoms with Crippen LogP contribution in [-0.4, -0.2) is 31.7 Å². The number of nitrogens with two attached hydrogens (primary N) is 1. The van der Waals surface area contributed by atoms with Gasteiger partial charge in [-0.1, -0.05) is 0 Å². The van der Waals surface area contributed by atoms with Crippen LogP contribution >= 0.6 is 0 Å². The Bertz CT molecular complexity index is 287. The molecule has 0 bridgehead atoms. The van der Waals surface area contributed by atoms with E-state index in [-0.39, 0.29) is 17.9 Å². The van der Waals surface area contributed by atoms with Gasteiger partial charge in [0.15, 0.2) is 0 Å². The molecular weight excluding hydrogens is 194 g/mol. The molecule has 15 heavy (non-hydrogen) atoms. The van der Waals surface area contributed by atoms with E-state index in [1.807, 2.05) is 0 Å². The lowest BCUT2D eigenvalue weighted by atomic mass is 9.85. The second-order valence-corrected chi connectivity index (χ2v) is 4.28. The van der Waals surface area contributed by atoms with Gasteiger partial charge in [0, 0.05) is 12.6 Å². The second-order valence-electron chi connectivity index (χ2n) is 4.28. The number of amides is 1. The highest BCUT2D eigenvalue weighted by molar-refractivity contribution is 5.83. The molecule has 0 aliphatic carbocycles. The Labute approximate surface area is 89.6 Å². The van der Waals surface area contributed by atoms with Crippen LogP contribution in [0.5, 0.6) is 0 Å². The number of nitrogens with one attached hydrogen (secondary N) is 1. The standard InChI is InChI=1S/C10H17N3O2/c1-7(3-11)4-13-9(14)10(2)6-15-5-8(10)12/h7-8H,4-6,12H2,1-2H3,(H,13,14). The molecule has 1 aliphatic heterocycles. The Balaban J connectivity index is 2.50. The van der Waals surface area contributed by atoms with E-state index >= 15 is 0 Å². The zero-order chi connectivity index (χ0) is 11.5. The molecule has 1 rings (SSSR count). The van der Waals surface area contributed by atoms with Crippen LogP contribution in [0.1, 0.15) is 13.8 Å². The van der Waals surface area contributed by atoms with Crippen LogP contribution in [0.3, 0.4) is 0 Å². The monoisotopic (exact) mass is 211 g/mol. The summed E-state index contributed by atoms with van der Waals surface area (Å²) < 4.78 is 5.18. The third-order valence-corrected chi connectivity index (χ3v) is 2.83. The van der Waals surface area contributed by atoms with Crippen molar-refractivity contribution in [2.24, 2.45) is 17.1 Å². The molecule has 5 heteroatoms. The predicted molar refractivity (Wildman–Crippen MR) is 54.7 cm³/mol. The first kappa shape index (κ1) is 12.0. The van der Waals surface area contributed by atoms with Crippen molar-refractivity contribution in [3.63, 3.8) is 0 Å². The fraction of sp³-hybridized carbons (Fsp3) is 0.800. The van der Waals surface area contributed by atoms with Crippen LogP contribution in [0.25, 0.3) is 0 Å². The molecule has 3 N–H and O–H groups in total. The largest absolute Gasteiger partial charge is 0.379 e. The third kappa shape index (κ3) is 2.46. The lowest BCUT2D eigenvalue weighted by Crippen LogP contribution is -2.50. The van der Waals surface area contributed by atoms with Gasteiger partial charge in [0.25, 0.3) is 0 Å². The minimum absolute atomic E-state index is 0.130. The van der Waals surface area contributed by atoms with Gasteiger partial charge >= 0.3 is 0 Å². The first-order valence-corrected chi connectivity index (χ1v) is 5.02. The number of hydrogen-bond acceptors (Lipinski definition) is 4. The first-order valence-electron chi connectivity index (χ1n) is 5.02. The van der Waals surface area contributed by atoms with Crippen molar-refractivity contribution in [2.75, 3.05) is 19.8 Å². The molecule has 84 valence electrons. The lowest BCUT2D eigenvalue weighted by Gasteiger charge is -2.25. The van der Waals surface area contributed by atoms with Crippen molar-refractivity contribution >= 4 is 5.91 Å². The molecule has 1 amide bonds. The Morgan fingerprint density at radius 3 is 3.00 bits per heavy atom. The van der Waals surface area contributed by atoms with E-state index in [2.05, 4.69) is 11.4 Å². The minimum atomic E-state index is -0.658. The van der Waals surface area contributed by atoms with Crippen molar-refractivity contribution in [2.45, 2.75) is 19.9 Å². The van der Waals surface area contributed by atoms with Gasteiger partial charge in [-0.15, -0.1) is 0 Å². The molecule has 3 atom stereocenters. The van der Waals surface area contributed by atoms with Crippen molar-refractivity contribution in [1.29, 1.82) is 5.26 Å². The summed E-state index contributed by atoms with van der Waals surface area (Å²) in [5.74, 6) is -0.314. The summed E-state index contributed by atoms with van der Waals surface area (Å²) >= 11 is 0. The molecule has 0 aromatic carbocycles. The highest BCUT2D eigenvalue weighted by Gasteiger charge is 2.44. The van der Waals surface area contributed by atoms with E-state index in [9.17, 15) is 4.79 Å². The normalized spacial score (nSPS) is 32.0. The predicted octanol–water partition coefficient (Wildman–Crippen LogP) is -0.374. The van der Waals surface area contributed by atoms with Crippen molar-refractivity contribution in [3.05, 3.63) is 0 Å². The summed E-state index contributed by atoms with van der Waals surface area (Å²) in [5, 5.41) is 11.3. The topological polar surface area (TPSA) is 88.1 Å². The van der Waals surface area contributed by atoms with E-state index < -0.39 is 5.41 Å². The van der Waals surface area contributed by atoms with Gasteiger partial charge in [-0.3, -0.25) is 4.79 Å². The molecule has 0 aromatic heterocycles. The van der Waals surface area contributed by atoms with Crippen LogP contribution < -0.4 is 11.1 Å². The fourth-order valence-corrected chi connectivity index (χ4v) is 1.42. The maximum atomic E-state index is 11.8. The van der Waals surface area contributed by atoms with Gasteiger partial charge in [-0.05, 0) is 13.8 Å². The number of hydrogen-bond donors (Lipinski definition) is 2. The highest BCUT2D eigenvalue weighted by Crippen LogP contribution is 2.26. The van der Waals surface area contributed by atoms with E-state index in [4.69, 9.17) is 15.7 Å². The molecule has 0 saturated carbocycles. The summed E-state index contributed by atoms with van der Waals surface area (Å²) in [6, 6.07) is 1.79. The van der Waals surface area contributed by atoms with Crippen LogP contribution in [-0.2, 0) is 9.53 Å². The molecule has 1 saturated heterocycles. The molecule has 1 fully saturated rings. The van der Waals surface area contributed by atoms with Gasteiger partial charge in [0.05, 0.1) is 30.6 Å².